The second-order valence-corrected chi connectivity index (χ2v) is 6.61. The number of phenols is 1. The van der Waals surface area contributed by atoms with E-state index in [4.69, 9.17) is 0 Å². The molecule has 1 unspecified atom stereocenters. The van der Waals surface area contributed by atoms with Crippen molar-refractivity contribution in [2.75, 3.05) is 12.0 Å². The molecule has 110 valence electrons. The number of benzene rings is 1. The van der Waals surface area contributed by atoms with Crippen LogP contribution in [-0.2, 0) is 9.84 Å². The van der Waals surface area contributed by atoms with Crippen LogP contribution in [0.15, 0.2) is 18.2 Å². The zero-order chi connectivity index (χ0) is 15.5. The second-order valence-electron chi connectivity index (χ2n) is 4.43. The monoisotopic (exact) mass is 302 g/mol. The van der Waals surface area contributed by atoms with Crippen LogP contribution in [0.3, 0.4) is 0 Å². The van der Waals surface area contributed by atoms with Gasteiger partial charge >= 0.3 is 0 Å². The van der Waals surface area contributed by atoms with Crippen LogP contribution in [0.2, 0.25) is 0 Å². The second kappa shape index (κ2) is 5.87. The third-order valence-corrected chi connectivity index (χ3v) is 3.46. The van der Waals surface area contributed by atoms with Gasteiger partial charge in [-0.2, -0.15) is 0 Å². The molecule has 1 rings (SSSR count). The van der Waals surface area contributed by atoms with Gasteiger partial charge in [-0.15, -0.1) is 0 Å². The van der Waals surface area contributed by atoms with Crippen molar-refractivity contribution in [3.63, 3.8) is 0 Å². The number of nitrogens with zero attached hydrogens (tertiary/aromatic N) is 1. The molecular formula is C11H14N2O6S. The lowest BCUT2D eigenvalue weighted by Gasteiger charge is -2.12. The van der Waals surface area contributed by atoms with Gasteiger partial charge in [0.1, 0.15) is 21.2 Å². The Morgan fingerprint density at radius 1 is 1.50 bits per heavy atom. The van der Waals surface area contributed by atoms with Crippen LogP contribution < -0.4 is 5.32 Å². The molecule has 0 bridgehead atoms. The highest BCUT2D eigenvalue weighted by atomic mass is 32.2. The van der Waals surface area contributed by atoms with E-state index in [-0.39, 0.29) is 17.1 Å². The molecule has 8 nitrogen and oxygen atoms in total. The number of nitro benzene ring substituents is 1. The van der Waals surface area contributed by atoms with Crippen LogP contribution in [0.25, 0.3) is 0 Å². The maximum atomic E-state index is 11.9. The summed E-state index contributed by atoms with van der Waals surface area (Å²) in [5.41, 5.74) is -0.790. The molecular weight excluding hydrogens is 288 g/mol. The van der Waals surface area contributed by atoms with Gasteiger partial charge in [0.05, 0.1) is 10.7 Å². The van der Waals surface area contributed by atoms with E-state index in [1.807, 2.05) is 0 Å². The molecule has 1 aromatic carbocycles. The Labute approximate surface area is 115 Å². The Morgan fingerprint density at radius 3 is 2.60 bits per heavy atom. The number of sulfone groups is 1. The SMILES string of the molecule is CC(CS(C)(=O)=O)NC(=O)c1cc(O)ccc1[N+](=O)[O-]. The molecule has 0 fully saturated rings. The van der Waals surface area contributed by atoms with E-state index in [1.165, 1.54) is 6.92 Å². The summed E-state index contributed by atoms with van der Waals surface area (Å²) in [5, 5.41) is 22.4. The number of nitro groups is 1. The zero-order valence-corrected chi connectivity index (χ0v) is 11.7. The van der Waals surface area contributed by atoms with Crippen molar-refractivity contribution in [1.82, 2.24) is 5.32 Å². The molecule has 0 aliphatic carbocycles. The van der Waals surface area contributed by atoms with Gasteiger partial charge in [0.25, 0.3) is 11.6 Å². The van der Waals surface area contributed by atoms with Crippen LogP contribution in [0.1, 0.15) is 17.3 Å². The molecule has 0 heterocycles. The fourth-order valence-electron chi connectivity index (χ4n) is 1.66. The molecule has 0 aliphatic rings. The minimum Gasteiger partial charge on any atom is -0.508 e. The summed E-state index contributed by atoms with van der Waals surface area (Å²) in [5.74, 6) is -1.40. The third-order valence-electron chi connectivity index (χ3n) is 2.35. The highest BCUT2D eigenvalue weighted by molar-refractivity contribution is 7.90. The van der Waals surface area contributed by atoms with Crippen molar-refractivity contribution in [2.24, 2.45) is 0 Å². The van der Waals surface area contributed by atoms with E-state index in [2.05, 4.69) is 5.32 Å². The van der Waals surface area contributed by atoms with E-state index in [0.717, 1.165) is 24.5 Å². The molecule has 1 atom stereocenters. The Kier molecular flexibility index (Phi) is 4.66. The van der Waals surface area contributed by atoms with Crippen molar-refractivity contribution in [1.29, 1.82) is 0 Å². The number of hydrogen-bond acceptors (Lipinski definition) is 6. The first kappa shape index (κ1) is 15.9. The van der Waals surface area contributed by atoms with Crippen molar-refractivity contribution in [3.8, 4) is 5.75 Å². The van der Waals surface area contributed by atoms with Crippen LogP contribution in [-0.4, -0.2) is 42.4 Å². The standard InChI is InChI=1S/C11H14N2O6S/c1-7(6-20(2,18)19)12-11(15)9-5-8(14)3-4-10(9)13(16)17/h3-5,7,14H,6H2,1-2H3,(H,12,15). The van der Waals surface area contributed by atoms with Gasteiger partial charge in [-0.05, 0) is 19.1 Å². The average molecular weight is 302 g/mol. The highest BCUT2D eigenvalue weighted by Gasteiger charge is 2.22. The molecule has 20 heavy (non-hydrogen) atoms. The third kappa shape index (κ3) is 4.50. The Balaban J connectivity index is 2.98. The lowest BCUT2D eigenvalue weighted by atomic mass is 10.1. The van der Waals surface area contributed by atoms with Crippen molar-refractivity contribution < 1.29 is 23.2 Å². The normalized spacial score (nSPS) is 12.7. The molecule has 0 saturated heterocycles. The Hall–Kier alpha value is -2.16. The molecule has 1 aromatic rings. The van der Waals surface area contributed by atoms with Crippen LogP contribution >= 0.6 is 0 Å². The Morgan fingerprint density at radius 2 is 2.10 bits per heavy atom. The largest absolute Gasteiger partial charge is 0.508 e. The molecule has 0 aromatic heterocycles. The number of rotatable bonds is 5. The van der Waals surface area contributed by atoms with Gasteiger partial charge in [0.15, 0.2) is 0 Å². The maximum Gasteiger partial charge on any atom is 0.282 e. The number of phenolic OH excluding ortho intramolecular Hbond substituents is 1. The lowest BCUT2D eigenvalue weighted by molar-refractivity contribution is -0.385. The summed E-state index contributed by atoms with van der Waals surface area (Å²) in [7, 11) is -3.28. The molecule has 0 aliphatic heterocycles. The molecule has 0 spiro atoms. The smallest absolute Gasteiger partial charge is 0.282 e. The summed E-state index contributed by atoms with van der Waals surface area (Å²) in [4.78, 5) is 21.9. The van der Waals surface area contributed by atoms with E-state index >= 15 is 0 Å². The van der Waals surface area contributed by atoms with Crippen molar-refractivity contribution in [2.45, 2.75) is 13.0 Å². The van der Waals surface area contributed by atoms with Crippen LogP contribution in [0.5, 0.6) is 5.75 Å². The van der Waals surface area contributed by atoms with Crippen molar-refractivity contribution in [3.05, 3.63) is 33.9 Å². The predicted molar refractivity (Wildman–Crippen MR) is 71.4 cm³/mol. The van der Waals surface area contributed by atoms with Crippen LogP contribution in [0, 0.1) is 10.1 Å². The van der Waals surface area contributed by atoms with Gasteiger partial charge in [-0.3, -0.25) is 14.9 Å². The summed E-state index contributed by atoms with van der Waals surface area (Å²) in [6, 6.07) is 2.35. The summed E-state index contributed by atoms with van der Waals surface area (Å²) >= 11 is 0. The van der Waals surface area contributed by atoms with Crippen molar-refractivity contribution >= 4 is 21.4 Å². The molecule has 0 radical (unpaired) electrons. The number of hydrogen-bond donors (Lipinski definition) is 2. The topological polar surface area (TPSA) is 127 Å². The summed E-state index contributed by atoms with van der Waals surface area (Å²) in [6.45, 7) is 1.47. The van der Waals surface area contributed by atoms with E-state index in [0.29, 0.717) is 0 Å². The average Bonchev–Trinajstić information content (AvgIpc) is 2.25. The van der Waals surface area contributed by atoms with Gasteiger partial charge in [0, 0.05) is 18.4 Å². The van der Waals surface area contributed by atoms with Gasteiger partial charge in [0.2, 0.25) is 0 Å². The van der Waals surface area contributed by atoms with E-state index < -0.39 is 32.4 Å². The number of carbonyl (C=O) groups excluding carboxylic acids is 1. The molecule has 9 heteroatoms. The molecule has 0 saturated carbocycles. The maximum absolute atomic E-state index is 11.9. The molecule has 1 amide bonds. The van der Waals surface area contributed by atoms with Gasteiger partial charge in [-0.25, -0.2) is 8.42 Å². The first-order valence-electron chi connectivity index (χ1n) is 5.56. The minimum atomic E-state index is -3.28. The van der Waals surface area contributed by atoms with E-state index in [9.17, 15) is 28.4 Å². The minimum absolute atomic E-state index is 0.286. The first-order valence-corrected chi connectivity index (χ1v) is 7.62. The lowest BCUT2D eigenvalue weighted by Crippen LogP contribution is -2.37. The fraction of sp³-hybridized carbons (Fsp3) is 0.364. The highest BCUT2D eigenvalue weighted by Crippen LogP contribution is 2.23. The quantitative estimate of drug-likeness (QED) is 0.601. The van der Waals surface area contributed by atoms with Gasteiger partial charge < -0.3 is 10.4 Å². The Bertz CT molecular complexity index is 640. The number of carbonyl (C=O) groups is 1. The summed E-state index contributed by atoms with van der Waals surface area (Å²) in [6.07, 6.45) is 1.02. The van der Waals surface area contributed by atoms with Crippen LogP contribution in [0.4, 0.5) is 5.69 Å². The number of nitrogens with one attached hydrogen (secondary N) is 1. The molecule has 2 N–H and O–H groups in total. The fourth-order valence-corrected chi connectivity index (χ4v) is 2.65. The number of amides is 1. The summed E-state index contributed by atoms with van der Waals surface area (Å²) < 4.78 is 22.2. The first-order chi connectivity index (χ1) is 9.10. The predicted octanol–water partition coefficient (Wildman–Crippen LogP) is 0.463. The van der Waals surface area contributed by atoms with Gasteiger partial charge in [-0.1, -0.05) is 0 Å². The van der Waals surface area contributed by atoms with E-state index in [1.54, 1.807) is 0 Å². The number of aromatic hydroxyl groups is 1. The zero-order valence-electron chi connectivity index (χ0n) is 10.9.